The summed E-state index contributed by atoms with van der Waals surface area (Å²) < 4.78 is 38.1. The van der Waals surface area contributed by atoms with Gasteiger partial charge in [-0.05, 0) is 54.3 Å². The molecule has 3 aromatic rings. The van der Waals surface area contributed by atoms with Crippen molar-refractivity contribution in [1.82, 2.24) is 0 Å². The lowest BCUT2D eigenvalue weighted by atomic mass is 10.0. The lowest BCUT2D eigenvalue weighted by molar-refractivity contribution is -0.137. The van der Waals surface area contributed by atoms with Crippen LogP contribution in [0.4, 0.5) is 13.2 Å². The summed E-state index contributed by atoms with van der Waals surface area (Å²) in [6.07, 6.45) is -4.46. The number of aliphatic hydroxyl groups is 1. The van der Waals surface area contributed by atoms with Gasteiger partial charge in [0.25, 0.3) is 0 Å². The van der Waals surface area contributed by atoms with Crippen molar-refractivity contribution < 1.29 is 18.3 Å². The fourth-order valence-electron chi connectivity index (χ4n) is 2.93. The molecule has 0 bridgehead atoms. The topological polar surface area (TPSA) is 20.2 Å². The van der Waals surface area contributed by atoms with E-state index >= 15 is 0 Å². The molecule has 3 rings (SSSR count). The van der Waals surface area contributed by atoms with Crippen LogP contribution in [0.15, 0.2) is 54.6 Å². The molecular formula is C21H19F3OS. The average Bonchev–Trinajstić information content (AvgIpc) is 2.98. The number of aryl methyl sites for hydroxylation is 2. The molecule has 0 aliphatic heterocycles. The Kier molecular flexibility index (Phi) is 5.21. The van der Waals surface area contributed by atoms with Gasteiger partial charge in [-0.2, -0.15) is 13.2 Å². The van der Waals surface area contributed by atoms with Crippen LogP contribution in [0, 0.1) is 13.8 Å². The van der Waals surface area contributed by atoms with Gasteiger partial charge in [-0.3, -0.25) is 0 Å². The smallest absolute Gasteiger partial charge is 0.387 e. The van der Waals surface area contributed by atoms with Crippen LogP contribution in [-0.4, -0.2) is 5.11 Å². The maximum absolute atomic E-state index is 12.7. The molecule has 1 nitrogen and oxygen atoms in total. The molecule has 136 valence electrons. The number of aliphatic hydroxyl groups excluding tert-OH is 1. The second-order valence-electron chi connectivity index (χ2n) is 6.38. The van der Waals surface area contributed by atoms with E-state index in [-0.39, 0.29) is 0 Å². The minimum absolute atomic E-state index is 0.514. The first-order chi connectivity index (χ1) is 12.3. The molecular weight excluding hydrogens is 357 g/mol. The second-order valence-corrected chi connectivity index (χ2v) is 7.46. The first kappa shape index (κ1) is 18.7. The third-order valence-electron chi connectivity index (χ3n) is 4.43. The van der Waals surface area contributed by atoms with Crippen molar-refractivity contribution in [2.75, 3.05) is 0 Å². The van der Waals surface area contributed by atoms with Crippen LogP contribution in [0.25, 0.3) is 10.4 Å². The predicted molar refractivity (Wildman–Crippen MR) is 99.3 cm³/mol. The van der Waals surface area contributed by atoms with Gasteiger partial charge in [0.1, 0.15) is 0 Å². The minimum atomic E-state index is -4.33. The zero-order chi connectivity index (χ0) is 18.9. The fraction of sp³-hybridized carbons (Fsp3) is 0.238. The molecule has 1 heterocycles. The number of hydrogen-bond acceptors (Lipinski definition) is 2. The van der Waals surface area contributed by atoms with E-state index < -0.39 is 17.8 Å². The Balaban J connectivity index is 1.84. The Bertz CT molecular complexity index is 894. The Morgan fingerprint density at radius 3 is 2.23 bits per heavy atom. The van der Waals surface area contributed by atoms with E-state index in [9.17, 15) is 18.3 Å². The fourth-order valence-corrected chi connectivity index (χ4v) is 4.10. The van der Waals surface area contributed by atoms with E-state index in [0.29, 0.717) is 6.42 Å². The molecule has 5 heteroatoms. The molecule has 0 aliphatic carbocycles. The van der Waals surface area contributed by atoms with Crippen LogP contribution in [0.5, 0.6) is 0 Å². The van der Waals surface area contributed by atoms with Crippen LogP contribution in [-0.2, 0) is 12.6 Å². The molecule has 0 saturated heterocycles. The Morgan fingerprint density at radius 2 is 1.62 bits per heavy atom. The van der Waals surface area contributed by atoms with Crippen molar-refractivity contribution in [3.05, 3.63) is 81.7 Å². The van der Waals surface area contributed by atoms with E-state index in [1.54, 1.807) is 0 Å². The van der Waals surface area contributed by atoms with Crippen LogP contribution in [0.2, 0.25) is 0 Å². The van der Waals surface area contributed by atoms with E-state index in [1.165, 1.54) is 23.5 Å². The van der Waals surface area contributed by atoms with E-state index in [4.69, 9.17) is 0 Å². The highest BCUT2D eigenvalue weighted by Gasteiger charge is 2.30. The third-order valence-corrected chi connectivity index (χ3v) is 5.82. The summed E-state index contributed by atoms with van der Waals surface area (Å²) in [5.74, 6) is 0. The third kappa shape index (κ3) is 4.00. The summed E-state index contributed by atoms with van der Waals surface area (Å²) in [6, 6.07) is 15.0. The van der Waals surface area contributed by atoms with E-state index in [2.05, 4.69) is 0 Å². The molecule has 1 atom stereocenters. The molecule has 26 heavy (non-hydrogen) atoms. The zero-order valence-corrected chi connectivity index (χ0v) is 15.3. The molecule has 0 radical (unpaired) electrons. The minimum Gasteiger partial charge on any atom is -0.387 e. The second kappa shape index (κ2) is 7.25. The lowest BCUT2D eigenvalue weighted by Gasteiger charge is -2.12. The van der Waals surface area contributed by atoms with Gasteiger partial charge < -0.3 is 5.11 Å². The van der Waals surface area contributed by atoms with Gasteiger partial charge in [0.05, 0.1) is 11.7 Å². The van der Waals surface area contributed by atoms with E-state index in [1.807, 2.05) is 44.2 Å². The Labute approximate surface area is 154 Å². The Morgan fingerprint density at radius 1 is 0.962 bits per heavy atom. The summed E-state index contributed by atoms with van der Waals surface area (Å²) >= 11 is 1.43. The normalized spacial score (nSPS) is 13.0. The van der Waals surface area contributed by atoms with Crippen molar-refractivity contribution >= 4 is 11.3 Å². The van der Waals surface area contributed by atoms with Gasteiger partial charge in [0.2, 0.25) is 0 Å². The highest BCUT2D eigenvalue weighted by molar-refractivity contribution is 7.15. The summed E-state index contributed by atoms with van der Waals surface area (Å²) in [7, 11) is 0. The maximum atomic E-state index is 12.7. The molecule has 1 N–H and O–H groups in total. The van der Waals surface area contributed by atoms with Gasteiger partial charge in [0, 0.05) is 16.2 Å². The molecule has 0 fully saturated rings. The summed E-state index contributed by atoms with van der Waals surface area (Å²) in [4.78, 5) is 1.71. The summed E-state index contributed by atoms with van der Waals surface area (Å²) in [5, 5.41) is 10.7. The molecule has 1 aromatic heterocycles. The number of thiophene rings is 1. The van der Waals surface area contributed by atoms with Crippen molar-refractivity contribution in [1.29, 1.82) is 0 Å². The molecule has 1 unspecified atom stereocenters. The lowest BCUT2D eigenvalue weighted by Crippen LogP contribution is -2.03. The molecule has 2 aromatic carbocycles. The van der Waals surface area contributed by atoms with Gasteiger partial charge in [-0.15, -0.1) is 11.3 Å². The van der Waals surface area contributed by atoms with Gasteiger partial charge in [0.15, 0.2) is 0 Å². The zero-order valence-electron chi connectivity index (χ0n) is 14.5. The monoisotopic (exact) mass is 376 g/mol. The number of rotatable bonds is 4. The number of alkyl halides is 3. The van der Waals surface area contributed by atoms with Gasteiger partial charge in [-0.1, -0.05) is 36.4 Å². The van der Waals surface area contributed by atoms with Crippen LogP contribution in [0.1, 0.15) is 33.2 Å². The quantitative estimate of drug-likeness (QED) is 0.564. The van der Waals surface area contributed by atoms with Crippen molar-refractivity contribution in [3.8, 4) is 10.4 Å². The molecule has 0 aliphatic rings. The van der Waals surface area contributed by atoms with Crippen LogP contribution < -0.4 is 0 Å². The first-order valence-corrected chi connectivity index (χ1v) is 9.08. The molecule has 0 amide bonds. The maximum Gasteiger partial charge on any atom is 0.416 e. The average molecular weight is 376 g/mol. The predicted octanol–water partition coefficient (Wildman–Crippen LogP) is 6.33. The first-order valence-electron chi connectivity index (χ1n) is 8.26. The molecule has 0 saturated carbocycles. The number of hydrogen-bond donors (Lipinski definition) is 1. The summed E-state index contributed by atoms with van der Waals surface area (Å²) in [6.45, 7) is 3.93. The van der Waals surface area contributed by atoms with Gasteiger partial charge >= 0.3 is 6.18 Å². The molecule has 0 spiro atoms. The van der Waals surface area contributed by atoms with Crippen LogP contribution >= 0.6 is 11.3 Å². The van der Waals surface area contributed by atoms with Gasteiger partial charge in [-0.25, -0.2) is 0 Å². The van der Waals surface area contributed by atoms with Crippen molar-refractivity contribution in [2.24, 2.45) is 0 Å². The van der Waals surface area contributed by atoms with E-state index in [0.717, 1.165) is 44.1 Å². The van der Waals surface area contributed by atoms with Crippen molar-refractivity contribution in [2.45, 2.75) is 32.5 Å². The number of halogens is 3. The largest absolute Gasteiger partial charge is 0.416 e. The van der Waals surface area contributed by atoms with Crippen LogP contribution in [0.3, 0.4) is 0 Å². The Hall–Kier alpha value is -2.11. The standard InChI is InChI=1S/C21H19F3OS/c1-13-5-3-4-6-16(13)12-18(25)20-14(2)11-19(26-20)15-7-9-17(10-8-15)21(22,23)24/h3-11,18,25H,12H2,1-2H3. The van der Waals surface area contributed by atoms with Crippen molar-refractivity contribution in [3.63, 3.8) is 0 Å². The highest BCUT2D eigenvalue weighted by Crippen LogP contribution is 2.37. The summed E-state index contributed by atoms with van der Waals surface area (Å²) in [5.41, 5.74) is 3.23. The highest BCUT2D eigenvalue weighted by atomic mass is 32.1. The number of benzene rings is 2. The SMILES string of the molecule is Cc1ccccc1CC(O)c1sc(-c2ccc(C(F)(F)F)cc2)cc1C.